The van der Waals surface area contributed by atoms with Gasteiger partial charge in [0.05, 0.1) is 16.9 Å². The van der Waals surface area contributed by atoms with Gasteiger partial charge in [-0.1, -0.05) is 22.5 Å². The minimum Gasteiger partial charge on any atom is -0.490 e. The fourth-order valence-electron chi connectivity index (χ4n) is 2.64. The van der Waals surface area contributed by atoms with Crippen molar-refractivity contribution >= 4 is 49.9 Å². The maximum atomic E-state index is 14.3. The summed E-state index contributed by atoms with van der Waals surface area (Å²) in [5.41, 5.74) is 1.29. The summed E-state index contributed by atoms with van der Waals surface area (Å²) in [7, 11) is 3.88. The van der Waals surface area contributed by atoms with Crippen LogP contribution in [-0.2, 0) is 4.79 Å². The zero-order valence-electron chi connectivity index (χ0n) is 16.6. The first kappa shape index (κ1) is 21.7. The largest absolute Gasteiger partial charge is 0.490 e. The van der Waals surface area contributed by atoms with Gasteiger partial charge in [-0.15, -0.1) is 0 Å². The maximum Gasteiger partial charge on any atom is 0.247 e. The number of rotatable bonds is 8. The lowest BCUT2D eigenvalue weighted by atomic mass is 10.1. The van der Waals surface area contributed by atoms with Crippen LogP contribution in [0.1, 0.15) is 0 Å². The Hall–Kier alpha value is -3.04. The molecule has 7 nitrogen and oxygen atoms in total. The molecule has 0 fully saturated rings. The van der Waals surface area contributed by atoms with E-state index >= 15 is 0 Å². The number of likely N-dealkylation sites (N-methyl/N-ethyl adjacent to an activating group) is 1. The molecule has 1 heterocycles. The Bertz CT molecular complexity index is 1090. The smallest absolute Gasteiger partial charge is 0.247 e. The second-order valence-corrected chi connectivity index (χ2v) is 7.60. The van der Waals surface area contributed by atoms with Gasteiger partial charge in [0.25, 0.3) is 0 Å². The van der Waals surface area contributed by atoms with Gasteiger partial charge in [0.15, 0.2) is 0 Å². The number of anilines is 3. The van der Waals surface area contributed by atoms with Gasteiger partial charge in [-0.25, -0.2) is 14.4 Å². The highest BCUT2D eigenvalue weighted by Crippen LogP contribution is 2.34. The number of ether oxygens (including phenoxy) is 1. The molecule has 0 bridgehead atoms. The lowest BCUT2D eigenvalue weighted by Gasteiger charge is -2.16. The molecule has 156 valence electrons. The Kier molecular flexibility index (Phi) is 6.96. The Morgan fingerprint density at radius 1 is 1.27 bits per heavy atom. The number of benzene rings is 2. The number of fused-ring (bicyclic) bond motifs is 1. The summed E-state index contributed by atoms with van der Waals surface area (Å²) in [5, 5.41) is 6.32. The summed E-state index contributed by atoms with van der Waals surface area (Å²) >= 11 is 3.24. The molecule has 1 amide bonds. The SMILES string of the molecule is C=CC(=O)Nc1cc2c(Nc3ccc(Br)cc3F)ncnc2cc1OCCN(C)C. The first-order chi connectivity index (χ1) is 14.4. The molecule has 2 aromatic carbocycles. The van der Waals surface area contributed by atoms with Crippen LogP contribution >= 0.6 is 15.9 Å². The highest BCUT2D eigenvalue weighted by molar-refractivity contribution is 9.10. The standard InChI is InChI=1S/C21H21BrFN5O2/c1-4-20(29)26-18-10-14-17(11-19(18)30-8-7-28(2)3)24-12-25-21(14)27-16-6-5-13(22)9-15(16)23/h4-6,9-12H,1,7-8H2,2-3H3,(H,26,29)(H,24,25,27). The Balaban J connectivity index is 2.01. The number of aromatic nitrogens is 2. The molecular formula is C21H21BrFN5O2. The van der Waals surface area contributed by atoms with Crippen molar-refractivity contribution in [1.29, 1.82) is 0 Å². The number of carbonyl (C=O) groups is 1. The van der Waals surface area contributed by atoms with Gasteiger partial charge in [0, 0.05) is 22.5 Å². The second-order valence-electron chi connectivity index (χ2n) is 6.68. The van der Waals surface area contributed by atoms with Crippen LogP contribution < -0.4 is 15.4 Å². The van der Waals surface area contributed by atoms with Crippen molar-refractivity contribution in [2.75, 3.05) is 37.9 Å². The lowest BCUT2D eigenvalue weighted by molar-refractivity contribution is -0.111. The van der Waals surface area contributed by atoms with Crippen LogP contribution in [0.3, 0.4) is 0 Å². The van der Waals surface area contributed by atoms with Crippen molar-refractivity contribution in [1.82, 2.24) is 14.9 Å². The van der Waals surface area contributed by atoms with Gasteiger partial charge in [-0.05, 0) is 44.4 Å². The van der Waals surface area contributed by atoms with E-state index in [-0.39, 0.29) is 11.6 Å². The van der Waals surface area contributed by atoms with Gasteiger partial charge in [-0.3, -0.25) is 4.79 Å². The van der Waals surface area contributed by atoms with E-state index in [0.717, 1.165) is 0 Å². The summed E-state index contributed by atoms with van der Waals surface area (Å²) in [5.74, 6) is 0.0614. The predicted molar refractivity (Wildman–Crippen MR) is 120 cm³/mol. The van der Waals surface area contributed by atoms with Crippen molar-refractivity contribution < 1.29 is 13.9 Å². The summed E-state index contributed by atoms with van der Waals surface area (Å²) in [6.07, 6.45) is 2.55. The Morgan fingerprint density at radius 3 is 2.77 bits per heavy atom. The van der Waals surface area contributed by atoms with E-state index in [4.69, 9.17) is 4.74 Å². The topological polar surface area (TPSA) is 79.4 Å². The first-order valence-corrected chi connectivity index (χ1v) is 9.88. The van der Waals surface area contributed by atoms with Crippen molar-refractivity contribution in [3.05, 3.63) is 59.6 Å². The summed E-state index contributed by atoms with van der Waals surface area (Å²) in [6.45, 7) is 4.61. The minimum absolute atomic E-state index is 0.265. The monoisotopic (exact) mass is 473 g/mol. The number of nitrogens with zero attached hydrogens (tertiary/aromatic N) is 3. The van der Waals surface area contributed by atoms with Crippen molar-refractivity contribution in [2.24, 2.45) is 0 Å². The van der Waals surface area contributed by atoms with Crippen LogP contribution in [0, 0.1) is 5.82 Å². The van der Waals surface area contributed by atoms with E-state index in [1.807, 2.05) is 19.0 Å². The molecule has 1 aromatic heterocycles. The van der Waals surface area contributed by atoms with Crippen molar-refractivity contribution in [3.8, 4) is 5.75 Å². The molecule has 0 saturated heterocycles. The minimum atomic E-state index is -0.431. The van der Waals surface area contributed by atoms with Crippen molar-refractivity contribution in [2.45, 2.75) is 0 Å². The molecule has 0 saturated carbocycles. The lowest BCUT2D eigenvalue weighted by Crippen LogP contribution is -2.20. The average molecular weight is 474 g/mol. The Morgan fingerprint density at radius 2 is 2.07 bits per heavy atom. The van der Waals surface area contributed by atoms with Crippen LogP contribution in [0.2, 0.25) is 0 Å². The first-order valence-electron chi connectivity index (χ1n) is 9.09. The molecule has 0 atom stereocenters. The molecule has 0 aliphatic carbocycles. The second kappa shape index (κ2) is 9.64. The molecule has 0 unspecified atom stereocenters. The fraction of sp³-hybridized carbons (Fsp3) is 0.190. The number of hydrogen-bond donors (Lipinski definition) is 2. The van der Waals surface area contributed by atoms with E-state index < -0.39 is 5.82 Å². The number of hydrogen-bond acceptors (Lipinski definition) is 6. The van der Waals surface area contributed by atoms with Crippen LogP contribution in [0.25, 0.3) is 10.9 Å². The van der Waals surface area contributed by atoms with Gasteiger partial charge in [-0.2, -0.15) is 0 Å². The number of amides is 1. The van der Waals surface area contributed by atoms with Crippen molar-refractivity contribution in [3.63, 3.8) is 0 Å². The molecule has 30 heavy (non-hydrogen) atoms. The number of halogens is 2. The van der Waals surface area contributed by atoms with Gasteiger partial charge in [0.1, 0.15) is 30.3 Å². The normalized spacial score (nSPS) is 10.8. The quantitative estimate of drug-likeness (QED) is 0.473. The average Bonchev–Trinajstić information content (AvgIpc) is 2.70. The summed E-state index contributed by atoms with van der Waals surface area (Å²) in [4.78, 5) is 22.4. The molecular weight excluding hydrogens is 453 g/mol. The third-order valence-electron chi connectivity index (χ3n) is 4.16. The van der Waals surface area contributed by atoms with E-state index in [1.165, 1.54) is 18.5 Å². The maximum absolute atomic E-state index is 14.3. The number of carbonyl (C=O) groups excluding carboxylic acids is 1. The van der Waals surface area contributed by atoms with E-state index in [9.17, 15) is 9.18 Å². The van der Waals surface area contributed by atoms with Gasteiger partial charge in [0.2, 0.25) is 5.91 Å². The van der Waals surface area contributed by atoms with Crippen LogP contribution in [0.4, 0.5) is 21.6 Å². The van der Waals surface area contributed by atoms with Gasteiger partial charge < -0.3 is 20.3 Å². The third-order valence-corrected chi connectivity index (χ3v) is 4.65. The van der Waals surface area contributed by atoms with Crippen LogP contribution in [0.5, 0.6) is 5.75 Å². The molecule has 9 heteroatoms. The highest BCUT2D eigenvalue weighted by Gasteiger charge is 2.14. The third kappa shape index (κ3) is 5.31. The molecule has 3 rings (SSSR count). The zero-order chi connectivity index (χ0) is 21.7. The van der Waals surface area contributed by atoms with E-state index in [1.54, 1.807) is 24.3 Å². The van der Waals surface area contributed by atoms with Crippen LogP contribution in [0.15, 0.2) is 53.8 Å². The predicted octanol–water partition coefficient (Wildman–Crippen LogP) is 4.34. The molecule has 0 aliphatic rings. The number of nitrogens with one attached hydrogen (secondary N) is 2. The van der Waals surface area contributed by atoms with E-state index in [0.29, 0.717) is 45.8 Å². The molecule has 0 spiro atoms. The zero-order valence-corrected chi connectivity index (χ0v) is 18.2. The summed E-state index contributed by atoms with van der Waals surface area (Å²) in [6, 6.07) is 8.10. The van der Waals surface area contributed by atoms with Crippen LogP contribution in [-0.4, -0.2) is 48.0 Å². The molecule has 3 aromatic rings. The Labute approximate surface area is 182 Å². The van der Waals surface area contributed by atoms with Gasteiger partial charge >= 0.3 is 0 Å². The molecule has 0 aliphatic heterocycles. The summed E-state index contributed by atoms with van der Waals surface area (Å²) < 4.78 is 20.8. The molecule has 2 N–H and O–H groups in total. The van der Waals surface area contributed by atoms with E-state index in [2.05, 4.69) is 43.1 Å². The fourth-order valence-corrected chi connectivity index (χ4v) is 2.97. The molecule has 0 radical (unpaired) electrons. The highest BCUT2D eigenvalue weighted by atomic mass is 79.9.